The van der Waals surface area contributed by atoms with Crippen molar-refractivity contribution in [2.24, 2.45) is 0 Å². The molecule has 90 valence electrons. The molecule has 2 nitrogen and oxygen atoms in total. The Morgan fingerprint density at radius 2 is 1.88 bits per heavy atom. The number of aryl methyl sites for hydroxylation is 1. The van der Waals surface area contributed by atoms with Gasteiger partial charge in [-0.25, -0.2) is 0 Å². The van der Waals surface area contributed by atoms with Gasteiger partial charge in [0.25, 0.3) is 0 Å². The lowest BCUT2D eigenvalue weighted by Crippen LogP contribution is -2.22. The van der Waals surface area contributed by atoms with E-state index in [2.05, 4.69) is 22.9 Å². The molecule has 0 unspecified atom stereocenters. The molecule has 0 aliphatic rings. The largest absolute Gasteiger partial charge is 0.490 e. The van der Waals surface area contributed by atoms with Crippen LogP contribution in [-0.2, 0) is 4.74 Å². The summed E-state index contributed by atoms with van der Waals surface area (Å²) in [6.45, 7) is 9.33. The third-order valence-electron chi connectivity index (χ3n) is 1.96. The highest BCUT2D eigenvalue weighted by atomic mass is 79.9. The first kappa shape index (κ1) is 13.5. The Morgan fingerprint density at radius 1 is 1.19 bits per heavy atom. The van der Waals surface area contributed by atoms with Crippen molar-refractivity contribution in [2.45, 2.75) is 33.3 Å². The highest BCUT2D eigenvalue weighted by Crippen LogP contribution is 2.25. The van der Waals surface area contributed by atoms with Crippen molar-refractivity contribution in [1.82, 2.24) is 0 Å². The maximum Gasteiger partial charge on any atom is 0.133 e. The molecule has 0 heterocycles. The van der Waals surface area contributed by atoms with Crippen LogP contribution in [0.5, 0.6) is 5.75 Å². The molecule has 0 aliphatic heterocycles. The normalized spacial score (nSPS) is 11.6. The van der Waals surface area contributed by atoms with E-state index in [1.54, 1.807) is 0 Å². The van der Waals surface area contributed by atoms with Gasteiger partial charge in [-0.1, -0.05) is 6.07 Å². The summed E-state index contributed by atoms with van der Waals surface area (Å²) in [5.41, 5.74) is 1.11. The zero-order valence-electron chi connectivity index (χ0n) is 10.3. The summed E-state index contributed by atoms with van der Waals surface area (Å²) < 4.78 is 12.2. The summed E-state index contributed by atoms with van der Waals surface area (Å²) in [5.74, 6) is 0.864. The summed E-state index contributed by atoms with van der Waals surface area (Å²) in [6, 6.07) is 6.04. The van der Waals surface area contributed by atoms with Crippen LogP contribution >= 0.6 is 15.9 Å². The van der Waals surface area contributed by atoms with Gasteiger partial charge in [-0.2, -0.15) is 0 Å². The monoisotopic (exact) mass is 286 g/mol. The second-order valence-corrected chi connectivity index (χ2v) is 5.60. The maximum atomic E-state index is 5.62. The van der Waals surface area contributed by atoms with E-state index in [1.165, 1.54) is 5.56 Å². The molecule has 0 radical (unpaired) electrons. The first-order valence-corrected chi connectivity index (χ1v) is 6.21. The molecule has 0 saturated heterocycles. The van der Waals surface area contributed by atoms with Crippen LogP contribution in [0.3, 0.4) is 0 Å². The van der Waals surface area contributed by atoms with Crippen molar-refractivity contribution >= 4 is 15.9 Å². The van der Waals surface area contributed by atoms with Gasteiger partial charge in [0, 0.05) is 0 Å². The fourth-order valence-electron chi connectivity index (χ4n) is 1.22. The van der Waals surface area contributed by atoms with E-state index in [0.29, 0.717) is 13.2 Å². The van der Waals surface area contributed by atoms with Crippen molar-refractivity contribution in [1.29, 1.82) is 0 Å². The average Bonchev–Trinajstić information content (AvgIpc) is 2.13. The maximum absolute atomic E-state index is 5.62. The van der Waals surface area contributed by atoms with Gasteiger partial charge in [-0.3, -0.25) is 0 Å². The molecular formula is C13H19BrO2. The highest BCUT2D eigenvalue weighted by molar-refractivity contribution is 9.10. The lowest BCUT2D eigenvalue weighted by atomic mass is 10.2. The van der Waals surface area contributed by atoms with Crippen LogP contribution < -0.4 is 4.74 Å². The molecule has 0 N–H and O–H groups in total. The Labute approximate surface area is 106 Å². The van der Waals surface area contributed by atoms with Crippen molar-refractivity contribution < 1.29 is 9.47 Å². The van der Waals surface area contributed by atoms with Crippen molar-refractivity contribution in [3.05, 3.63) is 28.2 Å². The second-order valence-electron chi connectivity index (χ2n) is 4.74. The number of hydrogen-bond donors (Lipinski definition) is 0. The molecule has 3 heteroatoms. The highest BCUT2D eigenvalue weighted by Gasteiger charge is 2.09. The molecule has 0 aliphatic carbocycles. The minimum atomic E-state index is -0.103. The summed E-state index contributed by atoms with van der Waals surface area (Å²) in [4.78, 5) is 0. The fraction of sp³-hybridized carbons (Fsp3) is 0.538. The van der Waals surface area contributed by atoms with Crippen LogP contribution in [0.4, 0.5) is 0 Å². The van der Waals surface area contributed by atoms with Crippen molar-refractivity contribution in [2.75, 3.05) is 13.2 Å². The molecule has 1 aromatic rings. The standard InChI is InChI=1S/C13H19BrO2/c1-10-5-6-12(11(14)9-10)15-7-8-16-13(2,3)4/h5-6,9H,7-8H2,1-4H3. The van der Waals surface area contributed by atoms with Crippen LogP contribution in [0.2, 0.25) is 0 Å². The zero-order chi connectivity index (χ0) is 12.2. The van der Waals surface area contributed by atoms with Gasteiger partial charge in [-0.05, 0) is 61.3 Å². The Bertz CT molecular complexity index is 342. The van der Waals surface area contributed by atoms with Gasteiger partial charge in [-0.15, -0.1) is 0 Å². The first-order chi connectivity index (χ1) is 7.38. The Hall–Kier alpha value is -0.540. The molecule has 1 aromatic carbocycles. The van der Waals surface area contributed by atoms with Crippen molar-refractivity contribution in [3.8, 4) is 5.75 Å². The molecule has 0 saturated carbocycles. The second kappa shape index (κ2) is 5.69. The van der Waals surface area contributed by atoms with Crippen LogP contribution in [-0.4, -0.2) is 18.8 Å². The number of rotatable bonds is 4. The summed E-state index contributed by atoms with van der Waals surface area (Å²) >= 11 is 3.47. The van der Waals surface area contributed by atoms with E-state index in [-0.39, 0.29) is 5.60 Å². The van der Waals surface area contributed by atoms with Gasteiger partial charge >= 0.3 is 0 Å². The van der Waals surface area contributed by atoms with Crippen LogP contribution in [0.25, 0.3) is 0 Å². The lowest BCUT2D eigenvalue weighted by Gasteiger charge is -2.19. The molecule has 1 rings (SSSR count). The molecular weight excluding hydrogens is 268 g/mol. The van der Waals surface area contributed by atoms with Gasteiger partial charge in [0.2, 0.25) is 0 Å². The molecule has 16 heavy (non-hydrogen) atoms. The number of benzene rings is 1. The first-order valence-electron chi connectivity index (χ1n) is 5.41. The number of halogens is 1. The average molecular weight is 287 g/mol. The van der Waals surface area contributed by atoms with Crippen LogP contribution in [0, 0.1) is 6.92 Å². The lowest BCUT2D eigenvalue weighted by molar-refractivity contribution is -0.0163. The third kappa shape index (κ3) is 4.99. The van der Waals surface area contributed by atoms with Gasteiger partial charge in [0.1, 0.15) is 12.4 Å². The summed E-state index contributed by atoms with van der Waals surface area (Å²) in [7, 11) is 0. The van der Waals surface area contributed by atoms with Crippen LogP contribution in [0.15, 0.2) is 22.7 Å². The van der Waals surface area contributed by atoms with E-state index in [0.717, 1.165) is 10.2 Å². The molecule has 0 amide bonds. The topological polar surface area (TPSA) is 18.5 Å². The van der Waals surface area contributed by atoms with E-state index < -0.39 is 0 Å². The van der Waals surface area contributed by atoms with Crippen LogP contribution in [0.1, 0.15) is 26.3 Å². The van der Waals surface area contributed by atoms with E-state index in [1.807, 2.05) is 39.0 Å². The predicted octanol–water partition coefficient (Wildman–Crippen LogP) is 3.95. The molecule has 0 fully saturated rings. The van der Waals surface area contributed by atoms with E-state index >= 15 is 0 Å². The van der Waals surface area contributed by atoms with Gasteiger partial charge in [0.15, 0.2) is 0 Å². The smallest absolute Gasteiger partial charge is 0.133 e. The number of hydrogen-bond acceptors (Lipinski definition) is 2. The molecule has 0 bridgehead atoms. The Balaban J connectivity index is 2.38. The van der Waals surface area contributed by atoms with Gasteiger partial charge in [0.05, 0.1) is 16.7 Å². The Morgan fingerprint density at radius 3 is 2.44 bits per heavy atom. The molecule has 0 spiro atoms. The minimum Gasteiger partial charge on any atom is -0.490 e. The summed E-state index contributed by atoms with van der Waals surface area (Å²) in [5, 5.41) is 0. The van der Waals surface area contributed by atoms with E-state index in [9.17, 15) is 0 Å². The minimum absolute atomic E-state index is 0.103. The Kier molecular flexibility index (Phi) is 4.81. The SMILES string of the molecule is Cc1ccc(OCCOC(C)(C)C)c(Br)c1. The van der Waals surface area contributed by atoms with E-state index in [4.69, 9.17) is 9.47 Å². The third-order valence-corrected chi connectivity index (χ3v) is 2.58. The zero-order valence-corrected chi connectivity index (χ0v) is 11.9. The van der Waals surface area contributed by atoms with Crippen molar-refractivity contribution in [3.63, 3.8) is 0 Å². The fourth-order valence-corrected chi connectivity index (χ4v) is 1.83. The van der Waals surface area contributed by atoms with Gasteiger partial charge < -0.3 is 9.47 Å². The summed E-state index contributed by atoms with van der Waals surface area (Å²) in [6.07, 6.45) is 0. The quantitative estimate of drug-likeness (QED) is 0.781. The number of ether oxygens (including phenoxy) is 2. The molecule has 0 atom stereocenters. The predicted molar refractivity (Wildman–Crippen MR) is 70.1 cm³/mol. The molecule has 0 aromatic heterocycles.